The highest BCUT2D eigenvalue weighted by atomic mass is 79.9. The maximum atomic E-state index is 14.0. The average Bonchev–Trinajstić information content (AvgIpc) is 3.15. The zero-order valence-corrected chi connectivity index (χ0v) is 14.7. The van der Waals surface area contributed by atoms with E-state index in [2.05, 4.69) is 20.9 Å². The first kappa shape index (κ1) is 15.9. The molecule has 0 fully saturated rings. The van der Waals surface area contributed by atoms with Crippen LogP contribution >= 0.6 is 27.3 Å². The monoisotopic (exact) mass is 394 g/mol. The molecular weight excluding hydrogens is 383 g/mol. The summed E-state index contributed by atoms with van der Waals surface area (Å²) in [4.78, 5) is 19.0. The summed E-state index contributed by atoms with van der Waals surface area (Å²) in [6.07, 6.45) is 1.55. The molecule has 1 aromatic carbocycles. The Morgan fingerprint density at radius 3 is 2.83 bits per heavy atom. The Kier molecular flexibility index (Phi) is 4.32. The molecule has 7 heteroatoms. The fourth-order valence-corrected chi connectivity index (χ4v) is 3.33. The molecule has 0 bridgehead atoms. The van der Waals surface area contributed by atoms with E-state index in [1.54, 1.807) is 30.5 Å². The van der Waals surface area contributed by atoms with Gasteiger partial charge in [-0.2, -0.15) is 0 Å². The molecule has 3 aromatic rings. The van der Waals surface area contributed by atoms with Crippen LogP contribution in [-0.2, 0) is 0 Å². The van der Waals surface area contributed by atoms with Crippen molar-refractivity contribution >= 4 is 38.9 Å². The van der Waals surface area contributed by atoms with Crippen LogP contribution in [0.2, 0.25) is 0 Å². The number of aryl methyl sites for hydroxylation is 1. The number of benzene rings is 1. The number of rotatable bonds is 3. The minimum absolute atomic E-state index is 0.199. The van der Waals surface area contributed by atoms with Gasteiger partial charge in [-0.15, -0.1) is 11.3 Å². The first-order valence-corrected chi connectivity index (χ1v) is 8.32. The van der Waals surface area contributed by atoms with E-state index in [1.165, 1.54) is 29.4 Å². The minimum atomic E-state index is -0.477. The summed E-state index contributed by atoms with van der Waals surface area (Å²) in [5, 5.41) is 0.625. The standard InChI is InChI=1S/C16H12BrFN2O2S/c1-9-14(19-15(23-9)13-4-3-7-22-13)16(21)20(2)12-6-5-10(17)8-11(12)18/h3-8H,1-2H3. The molecule has 0 N–H and O–H groups in total. The van der Waals surface area contributed by atoms with E-state index in [0.717, 1.165) is 4.88 Å². The Labute approximate surface area is 144 Å². The molecule has 2 heterocycles. The number of nitrogens with zero attached hydrogens (tertiary/aromatic N) is 2. The number of hydrogen-bond acceptors (Lipinski definition) is 4. The number of halogens is 2. The molecule has 0 aliphatic rings. The molecule has 0 radical (unpaired) electrons. The van der Waals surface area contributed by atoms with Gasteiger partial charge in [-0.1, -0.05) is 15.9 Å². The maximum absolute atomic E-state index is 14.0. The highest BCUT2D eigenvalue weighted by molar-refractivity contribution is 9.10. The predicted octanol–water partition coefficient (Wildman–Crippen LogP) is 4.89. The lowest BCUT2D eigenvalue weighted by Crippen LogP contribution is -2.28. The van der Waals surface area contributed by atoms with Gasteiger partial charge in [0.15, 0.2) is 10.8 Å². The van der Waals surface area contributed by atoms with E-state index in [9.17, 15) is 9.18 Å². The van der Waals surface area contributed by atoms with Crippen LogP contribution in [0.4, 0.5) is 10.1 Å². The van der Waals surface area contributed by atoms with Crippen molar-refractivity contribution in [3.8, 4) is 10.8 Å². The van der Waals surface area contributed by atoms with Crippen molar-refractivity contribution in [2.75, 3.05) is 11.9 Å². The summed E-state index contributed by atoms with van der Waals surface area (Å²) < 4.78 is 20.0. The number of carbonyl (C=O) groups is 1. The number of amides is 1. The highest BCUT2D eigenvalue weighted by Crippen LogP contribution is 2.30. The van der Waals surface area contributed by atoms with Gasteiger partial charge < -0.3 is 9.32 Å². The fraction of sp³-hybridized carbons (Fsp3) is 0.125. The fourth-order valence-electron chi connectivity index (χ4n) is 2.12. The van der Waals surface area contributed by atoms with Crippen molar-refractivity contribution in [2.24, 2.45) is 0 Å². The number of anilines is 1. The number of aromatic nitrogens is 1. The van der Waals surface area contributed by atoms with Gasteiger partial charge in [-0.05, 0) is 37.3 Å². The summed E-state index contributed by atoms with van der Waals surface area (Å²) in [6, 6.07) is 8.10. The van der Waals surface area contributed by atoms with Crippen LogP contribution in [-0.4, -0.2) is 17.9 Å². The van der Waals surface area contributed by atoms with Gasteiger partial charge in [0.25, 0.3) is 5.91 Å². The second kappa shape index (κ2) is 6.25. The number of thiazole rings is 1. The minimum Gasteiger partial charge on any atom is -0.462 e. The van der Waals surface area contributed by atoms with Gasteiger partial charge in [0.2, 0.25) is 0 Å². The van der Waals surface area contributed by atoms with Crippen LogP contribution < -0.4 is 4.90 Å². The van der Waals surface area contributed by atoms with Gasteiger partial charge in [0.05, 0.1) is 12.0 Å². The number of carbonyl (C=O) groups excluding carboxylic acids is 1. The number of furan rings is 1. The molecular formula is C16H12BrFN2O2S. The molecule has 1 amide bonds. The van der Waals surface area contributed by atoms with Crippen LogP contribution in [0.15, 0.2) is 45.5 Å². The molecule has 3 rings (SSSR count). The summed E-state index contributed by atoms with van der Waals surface area (Å²) >= 11 is 4.57. The second-order valence-electron chi connectivity index (χ2n) is 4.86. The third kappa shape index (κ3) is 3.07. The zero-order valence-electron chi connectivity index (χ0n) is 12.3. The quantitative estimate of drug-likeness (QED) is 0.635. The zero-order chi connectivity index (χ0) is 16.6. The highest BCUT2D eigenvalue weighted by Gasteiger charge is 2.23. The van der Waals surface area contributed by atoms with Crippen molar-refractivity contribution in [1.29, 1.82) is 0 Å². The Balaban J connectivity index is 1.94. The molecule has 0 atom stereocenters. The van der Waals surface area contributed by atoms with Crippen molar-refractivity contribution in [3.05, 3.63) is 57.5 Å². The molecule has 2 aromatic heterocycles. The second-order valence-corrected chi connectivity index (χ2v) is 6.98. The van der Waals surface area contributed by atoms with E-state index in [4.69, 9.17) is 4.42 Å². The van der Waals surface area contributed by atoms with E-state index in [1.807, 2.05) is 6.92 Å². The van der Waals surface area contributed by atoms with E-state index >= 15 is 0 Å². The lowest BCUT2D eigenvalue weighted by Gasteiger charge is -2.17. The molecule has 0 spiro atoms. The van der Waals surface area contributed by atoms with E-state index in [-0.39, 0.29) is 11.6 Å². The summed E-state index contributed by atoms with van der Waals surface area (Å²) in [6.45, 7) is 1.81. The van der Waals surface area contributed by atoms with Crippen LogP contribution in [0, 0.1) is 12.7 Å². The SMILES string of the molecule is Cc1sc(-c2ccco2)nc1C(=O)N(C)c1ccc(Br)cc1F. The van der Waals surface area contributed by atoms with E-state index in [0.29, 0.717) is 20.9 Å². The van der Waals surface area contributed by atoms with Gasteiger partial charge in [0, 0.05) is 16.4 Å². The first-order valence-electron chi connectivity index (χ1n) is 6.72. The molecule has 0 saturated carbocycles. The van der Waals surface area contributed by atoms with Crippen LogP contribution in [0.25, 0.3) is 10.8 Å². The van der Waals surface area contributed by atoms with Crippen LogP contribution in [0.5, 0.6) is 0 Å². The Bertz CT molecular complexity index is 861. The van der Waals surface area contributed by atoms with Gasteiger partial charge in [0.1, 0.15) is 11.5 Å². The van der Waals surface area contributed by atoms with Crippen molar-refractivity contribution < 1.29 is 13.6 Å². The Hall–Kier alpha value is -1.99. The van der Waals surface area contributed by atoms with Crippen molar-refractivity contribution in [1.82, 2.24) is 4.98 Å². The molecule has 118 valence electrons. The predicted molar refractivity (Wildman–Crippen MR) is 91.4 cm³/mol. The summed E-state index contributed by atoms with van der Waals surface area (Å²) in [7, 11) is 1.53. The van der Waals surface area contributed by atoms with Crippen LogP contribution in [0.3, 0.4) is 0 Å². The molecule has 4 nitrogen and oxygen atoms in total. The molecule has 23 heavy (non-hydrogen) atoms. The van der Waals surface area contributed by atoms with Gasteiger partial charge >= 0.3 is 0 Å². The largest absolute Gasteiger partial charge is 0.462 e. The topological polar surface area (TPSA) is 46.3 Å². The van der Waals surface area contributed by atoms with Crippen molar-refractivity contribution in [3.63, 3.8) is 0 Å². The smallest absolute Gasteiger partial charge is 0.277 e. The lowest BCUT2D eigenvalue weighted by molar-refractivity contribution is 0.0987. The van der Waals surface area contributed by atoms with Crippen molar-refractivity contribution in [2.45, 2.75) is 6.92 Å². The Morgan fingerprint density at radius 1 is 1.39 bits per heavy atom. The summed E-state index contributed by atoms with van der Waals surface area (Å²) in [5.74, 6) is -0.234. The molecule has 0 unspecified atom stereocenters. The average molecular weight is 395 g/mol. The third-order valence-corrected chi connectivity index (χ3v) is 4.79. The van der Waals surface area contributed by atoms with E-state index < -0.39 is 5.82 Å². The number of hydrogen-bond donors (Lipinski definition) is 0. The third-order valence-electron chi connectivity index (χ3n) is 3.31. The van der Waals surface area contributed by atoms with Gasteiger partial charge in [-0.3, -0.25) is 4.79 Å². The molecule has 0 aliphatic carbocycles. The lowest BCUT2D eigenvalue weighted by atomic mass is 10.2. The molecule has 0 aliphatic heterocycles. The Morgan fingerprint density at radius 2 is 2.17 bits per heavy atom. The van der Waals surface area contributed by atoms with Crippen LogP contribution in [0.1, 0.15) is 15.4 Å². The first-order chi connectivity index (χ1) is 11.0. The molecule has 0 saturated heterocycles. The summed E-state index contributed by atoms with van der Waals surface area (Å²) in [5.41, 5.74) is 0.497. The van der Waals surface area contributed by atoms with Gasteiger partial charge in [-0.25, -0.2) is 9.37 Å². The maximum Gasteiger partial charge on any atom is 0.277 e. The normalized spacial score (nSPS) is 10.8.